The van der Waals surface area contributed by atoms with Gasteiger partial charge in [-0.05, 0) is 116 Å². The summed E-state index contributed by atoms with van der Waals surface area (Å²) in [6.45, 7) is 6.67. The summed E-state index contributed by atoms with van der Waals surface area (Å²) >= 11 is 17.5. The predicted octanol–water partition coefficient (Wildman–Crippen LogP) is 3.25. The lowest BCUT2D eigenvalue weighted by molar-refractivity contribution is -0.137. The van der Waals surface area contributed by atoms with Gasteiger partial charge in [-0.2, -0.15) is 0 Å². The van der Waals surface area contributed by atoms with Crippen LogP contribution < -0.4 is 52.4 Å². The molecule has 23 nitrogen and oxygen atoms in total. The lowest BCUT2D eigenvalue weighted by Gasteiger charge is -2.34. The molecule has 82 heavy (non-hydrogen) atoms. The molecule has 11 bridgehead atoms. The molecule has 9 unspecified atom stereocenters. The first kappa shape index (κ1) is 60.1. The molecule has 7 amide bonds. The molecular weight excluding hydrogens is 1140 g/mol. The van der Waals surface area contributed by atoms with E-state index < -0.39 is 128 Å². The van der Waals surface area contributed by atoms with Crippen LogP contribution in [0.4, 0.5) is 0 Å². The highest BCUT2D eigenvalue weighted by Gasteiger charge is 2.41. The zero-order valence-corrected chi connectivity index (χ0v) is 47.4. The van der Waals surface area contributed by atoms with E-state index in [0.717, 1.165) is 12.1 Å². The lowest BCUT2D eigenvalue weighted by Crippen LogP contribution is -2.59. The molecular formula is C55H56ClN8O15S3-. The van der Waals surface area contributed by atoms with Gasteiger partial charge in [0.2, 0.25) is 41.4 Å². The van der Waals surface area contributed by atoms with E-state index in [1.807, 2.05) is 13.8 Å². The molecule has 9 atom stereocenters. The number of rotatable bonds is 10. The van der Waals surface area contributed by atoms with Crippen LogP contribution >= 0.6 is 11.6 Å². The van der Waals surface area contributed by atoms with Gasteiger partial charge in [-0.25, -0.2) is 30.7 Å². The second-order valence-corrected chi connectivity index (χ2v) is 23.5. The highest BCUT2D eigenvalue weighted by molar-refractivity contribution is 8.44. The molecule has 0 spiro atoms. The molecule has 13 N–H and O–H groups in total. The number of hydrogen-bond donors (Lipinski definition) is 12. The van der Waals surface area contributed by atoms with Gasteiger partial charge < -0.3 is 81.8 Å². The second-order valence-electron chi connectivity index (χ2n) is 20.1. The first-order valence-corrected chi connectivity index (χ1v) is 28.7. The van der Waals surface area contributed by atoms with E-state index in [4.69, 9.17) is 53.4 Å². The van der Waals surface area contributed by atoms with Gasteiger partial charge in [0.05, 0.1) is 23.6 Å². The number of benzene rings is 5. The lowest BCUT2D eigenvalue weighted by atomic mass is 9.88. The summed E-state index contributed by atoms with van der Waals surface area (Å²) in [6.07, 6.45) is -3.74. The topological polar surface area (TPSA) is 355 Å². The van der Waals surface area contributed by atoms with E-state index in [2.05, 4.69) is 37.2 Å². The SMILES string of the molecule is CNC(CC(C)C)C(=O)NC1C(=O)NC(CC(N)=O)C(=O)NC2C(=O)NC3C(=O)NC(C(=O)NC(C=O)c4cc(O)c(C)c(O)c4-c4cc3ccc4O)C(O[S-](=S)=S)c3ccc(cc3)Oc3cc2cc(c3C)Oc2ccc(cc2Cl)C1O. The zero-order chi connectivity index (χ0) is 59.6. The van der Waals surface area contributed by atoms with Crippen LogP contribution in [0.5, 0.6) is 40.2 Å². The van der Waals surface area contributed by atoms with Gasteiger partial charge in [0.15, 0.2) is 0 Å². The smallest absolute Gasteiger partial charge is 0.248 e. The van der Waals surface area contributed by atoms with Crippen LogP contribution in [0.25, 0.3) is 11.1 Å². The Morgan fingerprint density at radius 3 is 2.02 bits per heavy atom. The minimum atomic E-state index is -1.99. The standard InChI is InChI=1S/C55H56ClN8O15S3/c1-22(2)14-33(58-5)50(71)63-45-48(70)27-9-13-38(32(56)16-27)78-40-18-28-17-39(24(40)4)77-29-10-6-25(7-11-29)49(79-82(80)81)46-55(76)60-35(21-65)30-19-37(67)23(3)47(69)42(30)31-15-26(8-12-36(31)66)43(52(73)64-46)62-53(74)44(28)61-51(72)34(20-41(57)68)59-54(45)75/h6-13,15-19,21-22,33-35,43-46,48-49,58,66-67,69-70H,14,20H2,1-5H3,(H2,57,68)(H,59,75)(H,60,76)(H,61,72)(H,62,74)(H,63,71)(H,64,73)/q-1. The normalized spacial score (nSPS) is 22.2. The molecule has 0 saturated carbocycles. The van der Waals surface area contributed by atoms with Crippen molar-refractivity contribution < 1.29 is 72.4 Å². The van der Waals surface area contributed by atoms with Crippen LogP contribution in [-0.4, -0.2) is 99.3 Å². The maximum atomic E-state index is 15.6. The van der Waals surface area contributed by atoms with Gasteiger partial charge >= 0.3 is 0 Å². The summed E-state index contributed by atoms with van der Waals surface area (Å²) in [5, 5.41) is 64.2. The van der Waals surface area contributed by atoms with Crippen LogP contribution in [0.3, 0.4) is 0 Å². The van der Waals surface area contributed by atoms with Crippen LogP contribution in [-0.2, 0) is 73.2 Å². The number of phenols is 3. The number of amides is 7. The Hall–Kier alpha value is -7.98. The van der Waals surface area contributed by atoms with E-state index in [0.29, 0.717) is 12.7 Å². The van der Waals surface area contributed by atoms with Gasteiger partial charge in [-0.15, -0.1) is 0 Å². The van der Waals surface area contributed by atoms with Crippen molar-refractivity contribution in [2.75, 3.05) is 7.05 Å². The third-order valence-corrected chi connectivity index (χ3v) is 15.2. The number of carbonyl (C=O) groups excluding carboxylic acids is 8. The van der Waals surface area contributed by atoms with Gasteiger partial charge in [-0.3, -0.25) is 33.6 Å². The molecule has 5 aromatic rings. The average Bonchev–Trinajstić information content (AvgIpc) is 3.60. The summed E-state index contributed by atoms with van der Waals surface area (Å²) in [7, 11) is -0.246. The van der Waals surface area contributed by atoms with E-state index in [1.165, 1.54) is 80.7 Å². The Balaban J connectivity index is 1.37. The summed E-state index contributed by atoms with van der Waals surface area (Å²) in [5.41, 5.74) is 5.03. The van der Waals surface area contributed by atoms with E-state index >= 15 is 9.59 Å². The predicted molar refractivity (Wildman–Crippen MR) is 302 cm³/mol. The van der Waals surface area contributed by atoms with Gasteiger partial charge in [-0.1, -0.05) is 49.7 Å². The average molecular weight is 1200 g/mol. The van der Waals surface area contributed by atoms with Gasteiger partial charge in [0.1, 0.15) is 88.9 Å². The minimum Gasteiger partial charge on any atom is -0.508 e. The third-order valence-electron chi connectivity index (χ3n) is 14.0. The number of likely N-dealkylation sites (N-methyl/N-ethyl adjacent to an activating group) is 1. The Morgan fingerprint density at radius 2 is 1.39 bits per heavy atom. The molecule has 5 aliphatic rings. The van der Waals surface area contributed by atoms with E-state index in [9.17, 15) is 49.2 Å². The number of fused-ring (bicyclic) bond motifs is 15. The van der Waals surface area contributed by atoms with E-state index in [1.54, 1.807) is 6.92 Å². The first-order valence-electron chi connectivity index (χ1n) is 25.3. The number of nitrogens with two attached hydrogens (primary N) is 1. The van der Waals surface area contributed by atoms with Crippen molar-refractivity contribution in [3.05, 3.63) is 123 Å². The van der Waals surface area contributed by atoms with Crippen molar-refractivity contribution in [1.29, 1.82) is 0 Å². The number of aliphatic hydroxyl groups excluding tert-OH is 1. The van der Waals surface area contributed by atoms with Crippen LogP contribution in [0.2, 0.25) is 5.02 Å². The summed E-state index contributed by atoms with van der Waals surface area (Å²) in [4.78, 5) is 115. The van der Waals surface area contributed by atoms with Crippen LogP contribution in [0.15, 0.2) is 78.9 Å². The molecule has 0 radical (unpaired) electrons. The Bertz CT molecular complexity index is 3500. The largest absolute Gasteiger partial charge is 0.508 e. The van der Waals surface area contributed by atoms with Crippen molar-refractivity contribution in [1.82, 2.24) is 37.2 Å². The molecule has 10 rings (SSSR count). The van der Waals surface area contributed by atoms with E-state index in [-0.39, 0.29) is 84.0 Å². The molecule has 5 heterocycles. The number of aromatic hydroxyl groups is 3. The molecule has 432 valence electrons. The highest BCUT2D eigenvalue weighted by atomic mass is 35.5. The Kier molecular flexibility index (Phi) is 18.3. The fourth-order valence-corrected chi connectivity index (χ4v) is 10.8. The van der Waals surface area contributed by atoms with Crippen LogP contribution in [0, 0.1) is 19.8 Å². The minimum absolute atomic E-state index is 0.00335. The number of aliphatic hydroxyl groups is 1. The maximum Gasteiger partial charge on any atom is 0.248 e. The monoisotopic (exact) mass is 1200 g/mol. The number of primary amides is 1. The number of phenolic OH excluding ortho intramolecular Hbond substituents is 3. The number of nitrogens with one attached hydrogen (secondary N) is 7. The fourth-order valence-electron chi connectivity index (χ4n) is 9.69. The second kappa shape index (κ2) is 25.0. The molecule has 5 aliphatic heterocycles. The molecule has 0 saturated heterocycles. The molecule has 5 aromatic carbocycles. The number of halogens is 1. The summed E-state index contributed by atoms with van der Waals surface area (Å²) < 4.78 is 18.9. The molecule has 27 heteroatoms. The fraction of sp³-hybridized carbons (Fsp3) is 0.309. The van der Waals surface area contributed by atoms with Crippen molar-refractivity contribution >= 4 is 89.9 Å². The highest BCUT2D eigenvalue weighted by Crippen LogP contribution is 2.47. The third kappa shape index (κ3) is 12.9. The quantitative estimate of drug-likeness (QED) is 0.0705. The van der Waals surface area contributed by atoms with Crippen molar-refractivity contribution in [2.45, 2.75) is 95.0 Å². The number of ether oxygens (including phenoxy) is 2. The zero-order valence-electron chi connectivity index (χ0n) is 44.2. The maximum absolute atomic E-state index is 15.6. The molecule has 0 fully saturated rings. The first-order chi connectivity index (χ1) is 38.9. The number of hydrogen-bond acceptors (Lipinski definition) is 19. The Labute approximate surface area is 485 Å². The number of aldehydes is 1. The Morgan fingerprint density at radius 1 is 0.756 bits per heavy atom. The van der Waals surface area contributed by atoms with Crippen molar-refractivity contribution in [3.8, 4) is 51.4 Å². The molecule has 0 aromatic heterocycles. The van der Waals surface area contributed by atoms with Crippen LogP contribution in [0.1, 0.15) is 96.0 Å². The summed E-state index contributed by atoms with van der Waals surface area (Å²) in [6, 6.07) is 5.07. The van der Waals surface area contributed by atoms with Gasteiger partial charge in [0.25, 0.3) is 0 Å². The molecule has 0 aliphatic carbocycles. The van der Waals surface area contributed by atoms with Gasteiger partial charge in [0, 0.05) is 22.3 Å². The summed E-state index contributed by atoms with van der Waals surface area (Å²) in [5.74, 6) is -9.34. The van der Waals surface area contributed by atoms with Crippen molar-refractivity contribution in [3.63, 3.8) is 0 Å². The number of carbonyl (C=O) groups is 8. The van der Waals surface area contributed by atoms with Crippen molar-refractivity contribution in [2.24, 2.45) is 11.7 Å².